The fraction of sp³-hybridized carbons (Fsp3) is 0.250. The molecule has 1 aromatic rings. The molecule has 0 aliphatic rings. The Morgan fingerprint density at radius 2 is 1.78 bits per heavy atom. The number of carbonyl (C=O) groups excluding carboxylic acids is 1. The van der Waals surface area contributed by atoms with Crippen molar-refractivity contribution in [3.05, 3.63) is 48.0 Å². The summed E-state index contributed by atoms with van der Waals surface area (Å²) in [5, 5.41) is 0. The van der Waals surface area contributed by atoms with Gasteiger partial charge in [0.15, 0.2) is 6.29 Å². The van der Waals surface area contributed by atoms with E-state index in [9.17, 15) is 26.7 Å². The lowest BCUT2D eigenvalue weighted by Gasteiger charge is -2.20. The molecule has 0 heterocycles. The van der Waals surface area contributed by atoms with Crippen molar-refractivity contribution in [2.75, 3.05) is 0 Å². The highest BCUT2D eigenvalue weighted by Crippen LogP contribution is 2.36. The molecule has 98 valence electrons. The van der Waals surface area contributed by atoms with Gasteiger partial charge in [-0.2, -0.15) is 22.0 Å². The van der Waals surface area contributed by atoms with Crippen LogP contribution in [-0.2, 0) is 11.0 Å². The van der Waals surface area contributed by atoms with E-state index in [1.807, 2.05) is 0 Å². The van der Waals surface area contributed by atoms with Crippen molar-refractivity contribution in [1.29, 1.82) is 0 Å². The quantitative estimate of drug-likeness (QED) is 0.459. The van der Waals surface area contributed by atoms with Gasteiger partial charge in [0.1, 0.15) is 0 Å². The summed E-state index contributed by atoms with van der Waals surface area (Å²) >= 11 is 0. The first kappa shape index (κ1) is 14.3. The van der Waals surface area contributed by atoms with Crippen molar-refractivity contribution in [3.8, 4) is 0 Å². The van der Waals surface area contributed by atoms with E-state index in [0.717, 1.165) is 24.3 Å². The van der Waals surface area contributed by atoms with Crippen molar-refractivity contribution in [2.24, 2.45) is 0 Å². The summed E-state index contributed by atoms with van der Waals surface area (Å²) in [5.74, 6) is -5.57. The largest absolute Gasteiger partial charge is 0.416 e. The van der Waals surface area contributed by atoms with E-state index in [1.54, 1.807) is 0 Å². The first-order chi connectivity index (χ1) is 8.22. The Morgan fingerprint density at radius 3 is 2.22 bits per heavy atom. The fourth-order valence-corrected chi connectivity index (χ4v) is 1.50. The van der Waals surface area contributed by atoms with Gasteiger partial charge >= 0.3 is 12.1 Å². The predicted octanol–water partition coefficient (Wildman–Crippen LogP) is 3.81. The van der Waals surface area contributed by atoms with Crippen LogP contribution in [0.25, 0.3) is 0 Å². The van der Waals surface area contributed by atoms with Gasteiger partial charge < -0.3 is 0 Å². The molecule has 0 amide bonds. The van der Waals surface area contributed by atoms with E-state index in [0.29, 0.717) is 6.07 Å². The third-order valence-corrected chi connectivity index (χ3v) is 2.38. The number of rotatable bonds is 4. The molecule has 1 nitrogen and oxygen atoms in total. The topological polar surface area (TPSA) is 17.1 Å². The smallest absolute Gasteiger partial charge is 0.297 e. The van der Waals surface area contributed by atoms with Gasteiger partial charge in [0.05, 0.1) is 11.5 Å². The Kier molecular flexibility index (Phi) is 3.88. The van der Waals surface area contributed by atoms with E-state index in [2.05, 4.69) is 6.58 Å². The van der Waals surface area contributed by atoms with Crippen LogP contribution in [-0.4, -0.2) is 12.2 Å². The van der Waals surface area contributed by atoms with Crippen LogP contribution in [0.15, 0.2) is 36.9 Å². The molecule has 1 rings (SSSR count). The van der Waals surface area contributed by atoms with Gasteiger partial charge in [0.2, 0.25) is 0 Å². The van der Waals surface area contributed by atoms with Crippen LogP contribution >= 0.6 is 0 Å². The Hall–Kier alpha value is -1.72. The Morgan fingerprint density at radius 1 is 1.17 bits per heavy atom. The second-order valence-electron chi connectivity index (χ2n) is 3.63. The van der Waals surface area contributed by atoms with Crippen LogP contribution in [0.3, 0.4) is 0 Å². The molecule has 18 heavy (non-hydrogen) atoms. The van der Waals surface area contributed by atoms with Crippen molar-refractivity contribution in [1.82, 2.24) is 0 Å². The lowest BCUT2D eigenvalue weighted by atomic mass is 9.92. The monoisotopic (exact) mass is 264 g/mol. The van der Waals surface area contributed by atoms with E-state index in [1.165, 1.54) is 0 Å². The summed E-state index contributed by atoms with van der Waals surface area (Å²) in [5.41, 5.74) is -1.36. The molecule has 0 bridgehead atoms. The molecule has 0 saturated carbocycles. The highest BCUT2D eigenvalue weighted by molar-refractivity contribution is 5.63. The maximum atomic E-state index is 13.2. The molecule has 0 aromatic heterocycles. The highest BCUT2D eigenvalue weighted by Gasteiger charge is 2.39. The maximum Gasteiger partial charge on any atom is 0.416 e. The minimum Gasteiger partial charge on any atom is -0.297 e. The molecule has 6 heteroatoms. The minimum absolute atomic E-state index is 0.308. The molecule has 0 fully saturated rings. The standard InChI is InChI=1S/C12H9F5O/c1-2-10(11(13,14)7-18)8-4-3-5-9(6-8)12(15,16)17/h2-7,10H,1H2. The average molecular weight is 264 g/mol. The lowest BCUT2D eigenvalue weighted by Crippen LogP contribution is -2.26. The molecule has 0 saturated heterocycles. The van der Waals surface area contributed by atoms with Crippen LogP contribution in [0, 0.1) is 0 Å². The van der Waals surface area contributed by atoms with Gasteiger partial charge in [-0.1, -0.05) is 24.3 Å². The van der Waals surface area contributed by atoms with Crippen molar-refractivity contribution >= 4 is 6.29 Å². The number of halogens is 5. The molecule has 1 unspecified atom stereocenters. The van der Waals surface area contributed by atoms with Gasteiger partial charge in [-0.3, -0.25) is 4.79 Å². The van der Waals surface area contributed by atoms with Crippen LogP contribution in [0.1, 0.15) is 17.0 Å². The molecule has 0 spiro atoms. The van der Waals surface area contributed by atoms with Gasteiger partial charge in [0, 0.05) is 0 Å². The van der Waals surface area contributed by atoms with Crippen LogP contribution < -0.4 is 0 Å². The van der Waals surface area contributed by atoms with Crippen LogP contribution in [0.4, 0.5) is 22.0 Å². The minimum atomic E-state index is -4.63. The zero-order chi connectivity index (χ0) is 14.0. The molecule has 0 aliphatic carbocycles. The third kappa shape index (κ3) is 2.94. The number of alkyl halides is 5. The number of carbonyl (C=O) groups is 1. The van der Waals surface area contributed by atoms with Gasteiger partial charge in [-0.05, 0) is 11.6 Å². The molecular weight excluding hydrogens is 255 g/mol. The summed E-state index contributed by atoms with van der Waals surface area (Å²) in [6.07, 6.45) is -4.47. The lowest BCUT2D eigenvalue weighted by molar-refractivity contribution is -0.137. The molecule has 0 radical (unpaired) electrons. The first-order valence-corrected chi connectivity index (χ1v) is 4.86. The SMILES string of the molecule is C=CC(c1cccc(C(F)(F)F)c1)C(F)(F)C=O. The number of allylic oxidation sites excluding steroid dienone is 1. The van der Waals surface area contributed by atoms with Gasteiger partial charge in [-0.15, -0.1) is 6.58 Å². The number of hydrogen-bond donors (Lipinski definition) is 0. The molecule has 0 N–H and O–H groups in total. The molecular formula is C12H9F5O. The van der Waals surface area contributed by atoms with Crippen molar-refractivity contribution in [2.45, 2.75) is 18.0 Å². The number of benzene rings is 1. The molecule has 1 atom stereocenters. The Labute approximate surface area is 99.9 Å². The van der Waals surface area contributed by atoms with Gasteiger partial charge in [-0.25, -0.2) is 0 Å². The average Bonchev–Trinajstić information content (AvgIpc) is 2.29. The van der Waals surface area contributed by atoms with Crippen LogP contribution in [0.2, 0.25) is 0 Å². The summed E-state index contributed by atoms with van der Waals surface area (Å²) in [4.78, 5) is 10.3. The predicted molar refractivity (Wildman–Crippen MR) is 55.4 cm³/mol. The van der Waals surface area contributed by atoms with Crippen LogP contribution in [0.5, 0.6) is 0 Å². The third-order valence-electron chi connectivity index (χ3n) is 2.38. The van der Waals surface area contributed by atoms with Crippen molar-refractivity contribution < 1.29 is 26.7 Å². The Bertz CT molecular complexity index is 450. The maximum absolute atomic E-state index is 13.2. The summed E-state index contributed by atoms with van der Waals surface area (Å²) in [7, 11) is 0. The fourth-order valence-electron chi connectivity index (χ4n) is 1.50. The second-order valence-corrected chi connectivity index (χ2v) is 3.63. The zero-order valence-electron chi connectivity index (χ0n) is 9.05. The molecule has 0 aliphatic heterocycles. The normalized spacial score (nSPS) is 14.1. The summed E-state index contributed by atoms with van der Waals surface area (Å²) in [6, 6.07) is 3.46. The zero-order valence-corrected chi connectivity index (χ0v) is 9.05. The second kappa shape index (κ2) is 4.88. The highest BCUT2D eigenvalue weighted by atomic mass is 19.4. The number of hydrogen-bond acceptors (Lipinski definition) is 1. The van der Waals surface area contributed by atoms with E-state index >= 15 is 0 Å². The Balaban J connectivity index is 3.24. The van der Waals surface area contributed by atoms with Gasteiger partial charge in [0.25, 0.3) is 0 Å². The van der Waals surface area contributed by atoms with E-state index in [-0.39, 0.29) is 5.56 Å². The summed E-state index contributed by atoms with van der Waals surface area (Å²) in [6.45, 7) is 3.12. The van der Waals surface area contributed by atoms with E-state index < -0.39 is 29.9 Å². The van der Waals surface area contributed by atoms with E-state index in [4.69, 9.17) is 0 Å². The summed E-state index contributed by atoms with van der Waals surface area (Å²) < 4.78 is 63.7. The number of aldehydes is 1. The van der Waals surface area contributed by atoms with Crippen molar-refractivity contribution in [3.63, 3.8) is 0 Å². The molecule has 1 aromatic carbocycles. The first-order valence-electron chi connectivity index (χ1n) is 4.86.